The maximum atomic E-state index is 13.5. The Morgan fingerprint density at radius 1 is 1.35 bits per heavy atom. The number of hydrogen-bond donors (Lipinski definition) is 1. The van der Waals surface area contributed by atoms with Crippen LogP contribution in [0.3, 0.4) is 0 Å². The van der Waals surface area contributed by atoms with E-state index in [9.17, 15) is 4.39 Å². The van der Waals surface area contributed by atoms with E-state index in [0.29, 0.717) is 23.0 Å². The summed E-state index contributed by atoms with van der Waals surface area (Å²) in [6, 6.07) is 4.78. The Labute approximate surface area is 108 Å². The third-order valence-electron chi connectivity index (χ3n) is 3.29. The molecule has 0 radical (unpaired) electrons. The molecule has 0 aliphatic carbocycles. The van der Waals surface area contributed by atoms with Gasteiger partial charge in [0.05, 0.1) is 0 Å². The zero-order valence-corrected chi connectivity index (χ0v) is 11.7. The maximum Gasteiger partial charge on any atom is 0.129 e. The van der Waals surface area contributed by atoms with E-state index in [1.165, 1.54) is 6.07 Å². The number of nitrogens with one attached hydrogen (secondary N) is 1. The zero-order valence-electron chi connectivity index (χ0n) is 11.0. The Bertz CT molecular complexity index is 351. The second-order valence-corrected chi connectivity index (χ2v) is 6.01. The predicted molar refractivity (Wildman–Crippen MR) is 71.7 cm³/mol. The Hall–Kier alpha value is -0.600. The third-order valence-corrected chi connectivity index (χ3v) is 3.65. The van der Waals surface area contributed by atoms with Crippen molar-refractivity contribution >= 4 is 11.6 Å². The molecule has 1 aromatic rings. The van der Waals surface area contributed by atoms with E-state index in [-0.39, 0.29) is 11.2 Å². The van der Waals surface area contributed by atoms with Gasteiger partial charge in [-0.1, -0.05) is 45.4 Å². The molecule has 1 nitrogen and oxygen atoms in total. The first-order valence-electron chi connectivity index (χ1n) is 5.96. The quantitative estimate of drug-likeness (QED) is 0.850. The highest BCUT2D eigenvalue weighted by Gasteiger charge is 2.19. The van der Waals surface area contributed by atoms with Gasteiger partial charge in [-0.05, 0) is 30.0 Å². The Balaban J connectivity index is 2.52. The molecule has 1 rings (SSSR count). The summed E-state index contributed by atoms with van der Waals surface area (Å²) < 4.78 is 13.5. The second kappa shape index (κ2) is 5.83. The lowest BCUT2D eigenvalue weighted by Crippen LogP contribution is -2.29. The van der Waals surface area contributed by atoms with Gasteiger partial charge in [-0.15, -0.1) is 0 Å². The summed E-state index contributed by atoms with van der Waals surface area (Å²) in [4.78, 5) is 0. The van der Waals surface area contributed by atoms with Gasteiger partial charge in [0.1, 0.15) is 5.82 Å². The van der Waals surface area contributed by atoms with Crippen LogP contribution < -0.4 is 5.32 Å². The maximum absolute atomic E-state index is 13.5. The molecule has 0 aliphatic rings. The van der Waals surface area contributed by atoms with Crippen LogP contribution in [0.25, 0.3) is 0 Å². The molecule has 0 fully saturated rings. The lowest BCUT2D eigenvalue weighted by atomic mass is 9.82. The van der Waals surface area contributed by atoms with Crippen molar-refractivity contribution in [3.05, 3.63) is 34.6 Å². The normalized spacial score (nSPS) is 13.8. The smallest absolute Gasteiger partial charge is 0.129 e. The summed E-state index contributed by atoms with van der Waals surface area (Å²) in [5, 5.41) is 3.75. The van der Waals surface area contributed by atoms with Crippen molar-refractivity contribution in [2.24, 2.45) is 11.3 Å². The molecule has 0 bridgehead atoms. The summed E-state index contributed by atoms with van der Waals surface area (Å²) in [6.07, 6.45) is 0. The van der Waals surface area contributed by atoms with Crippen molar-refractivity contribution in [2.75, 3.05) is 6.54 Å². The van der Waals surface area contributed by atoms with Crippen molar-refractivity contribution in [2.45, 2.75) is 34.2 Å². The molecular weight excluding hydrogens is 237 g/mol. The van der Waals surface area contributed by atoms with Gasteiger partial charge in [0.25, 0.3) is 0 Å². The fourth-order valence-electron chi connectivity index (χ4n) is 1.42. The number of benzene rings is 1. The molecule has 0 heterocycles. The van der Waals surface area contributed by atoms with Crippen LogP contribution in [0.15, 0.2) is 18.2 Å². The zero-order chi connectivity index (χ0) is 13.1. The lowest BCUT2D eigenvalue weighted by Gasteiger charge is -2.27. The summed E-state index contributed by atoms with van der Waals surface area (Å²) in [7, 11) is 0. The summed E-state index contributed by atoms with van der Waals surface area (Å²) >= 11 is 5.95. The van der Waals surface area contributed by atoms with Gasteiger partial charge in [-0.2, -0.15) is 0 Å². The van der Waals surface area contributed by atoms with E-state index in [2.05, 4.69) is 33.0 Å². The summed E-state index contributed by atoms with van der Waals surface area (Å²) in [6.45, 7) is 10.1. The van der Waals surface area contributed by atoms with Crippen LogP contribution in [-0.2, 0) is 6.54 Å². The van der Waals surface area contributed by atoms with Gasteiger partial charge in [0.2, 0.25) is 0 Å². The topological polar surface area (TPSA) is 12.0 Å². The molecule has 3 heteroatoms. The van der Waals surface area contributed by atoms with Crippen molar-refractivity contribution in [3.63, 3.8) is 0 Å². The molecule has 1 aromatic carbocycles. The molecule has 1 atom stereocenters. The van der Waals surface area contributed by atoms with Crippen LogP contribution in [0.2, 0.25) is 5.02 Å². The van der Waals surface area contributed by atoms with E-state index >= 15 is 0 Å². The minimum Gasteiger partial charge on any atom is -0.312 e. The van der Waals surface area contributed by atoms with E-state index in [0.717, 1.165) is 6.54 Å². The van der Waals surface area contributed by atoms with Crippen molar-refractivity contribution < 1.29 is 4.39 Å². The molecule has 0 saturated carbocycles. The predicted octanol–water partition coefficient (Wildman–Crippen LogP) is 4.25. The first kappa shape index (κ1) is 14.5. The molecular formula is C14H21ClFN. The third kappa shape index (κ3) is 4.29. The van der Waals surface area contributed by atoms with E-state index in [4.69, 9.17) is 11.6 Å². The van der Waals surface area contributed by atoms with Gasteiger partial charge >= 0.3 is 0 Å². The first-order chi connectivity index (χ1) is 7.82. The van der Waals surface area contributed by atoms with Crippen LogP contribution in [0.4, 0.5) is 4.39 Å². The molecule has 17 heavy (non-hydrogen) atoms. The highest BCUT2D eigenvalue weighted by atomic mass is 35.5. The van der Waals surface area contributed by atoms with Crippen LogP contribution in [0.5, 0.6) is 0 Å². The second-order valence-electron chi connectivity index (χ2n) is 5.60. The molecule has 0 spiro atoms. The number of halogens is 2. The van der Waals surface area contributed by atoms with Gasteiger partial charge in [-0.25, -0.2) is 4.39 Å². The highest BCUT2D eigenvalue weighted by molar-refractivity contribution is 6.31. The van der Waals surface area contributed by atoms with Crippen molar-refractivity contribution in [1.29, 1.82) is 0 Å². The summed E-state index contributed by atoms with van der Waals surface area (Å²) in [5.74, 6) is 0.279. The van der Waals surface area contributed by atoms with Crippen molar-refractivity contribution in [3.8, 4) is 0 Å². The molecule has 1 unspecified atom stereocenters. The van der Waals surface area contributed by atoms with Gasteiger partial charge in [0.15, 0.2) is 0 Å². The molecule has 96 valence electrons. The van der Waals surface area contributed by atoms with Crippen LogP contribution in [0, 0.1) is 17.2 Å². The fourth-order valence-corrected chi connectivity index (χ4v) is 1.65. The van der Waals surface area contributed by atoms with Crippen molar-refractivity contribution in [1.82, 2.24) is 5.32 Å². The van der Waals surface area contributed by atoms with Gasteiger partial charge in [0, 0.05) is 17.1 Å². The van der Waals surface area contributed by atoms with E-state index in [1.807, 2.05) is 0 Å². The van der Waals surface area contributed by atoms with Gasteiger partial charge < -0.3 is 5.32 Å². The lowest BCUT2D eigenvalue weighted by molar-refractivity contribution is 0.252. The fraction of sp³-hybridized carbons (Fsp3) is 0.571. The first-order valence-corrected chi connectivity index (χ1v) is 6.33. The number of rotatable bonds is 4. The highest BCUT2D eigenvalue weighted by Crippen LogP contribution is 2.25. The average molecular weight is 258 g/mol. The van der Waals surface area contributed by atoms with Crippen LogP contribution in [-0.4, -0.2) is 6.54 Å². The Kier molecular flexibility index (Phi) is 4.96. The largest absolute Gasteiger partial charge is 0.312 e. The molecule has 0 amide bonds. The molecule has 0 aliphatic heterocycles. The minimum atomic E-state index is -0.242. The van der Waals surface area contributed by atoms with Gasteiger partial charge in [-0.3, -0.25) is 0 Å². The monoisotopic (exact) mass is 257 g/mol. The minimum absolute atomic E-state index is 0.242. The Morgan fingerprint density at radius 2 is 2.00 bits per heavy atom. The molecule has 1 N–H and O–H groups in total. The Morgan fingerprint density at radius 3 is 2.53 bits per heavy atom. The number of hydrogen-bond acceptors (Lipinski definition) is 1. The summed E-state index contributed by atoms with van der Waals surface area (Å²) in [5.41, 5.74) is 0.807. The molecule has 0 saturated heterocycles. The van der Waals surface area contributed by atoms with E-state index in [1.54, 1.807) is 12.1 Å². The van der Waals surface area contributed by atoms with Crippen LogP contribution in [0.1, 0.15) is 33.3 Å². The SMILES string of the molecule is CC(CNCc1c(F)cccc1Cl)C(C)(C)C. The van der Waals surface area contributed by atoms with E-state index < -0.39 is 0 Å². The average Bonchev–Trinajstić information content (AvgIpc) is 2.20. The van der Waals surface area contributed by atoms with Crippen LogP contribution >= 0.6 is 11.6 Å². The standard InChI is InChI=1S/C14H21ClFN/c1-10(14(2,3)4)8-17-9-11-12(15)6-5-7-13(11)16/h5-7,10,17H,8-9H2,1-4H3. The molecule has 0 aromatic heterocycles.